The summed E-state index contributed by atoms with van der Waals surface area (Å²) in [5.41, 5.74) is 0.266. The molecule has 1 N–H and O–H groups in total. The first-order valence-electron chi connectivity index (χ1n) is 8.58. The third-order valence-electron chi connectivity index (χ3n) is 5.56. The molecule has 0 spiro atoms. The molecule has 21 heavy (non-hydrogen) atoms. The Bertz CT molecular complexity index is 427. The van der Waals surface area contributed by atoms with Crippen LogP contribution in [-0.2, 0) is 6.54 Å². The second-order valence-corrected chi connectivity index (χ2v) is 8.07. The molecule has 1 aromatic rings. The number of rotatable bonds is 4. The lowest BCUT2D eigenvalue weighted by Gasteiger charge is -2.49. The number of piperazine rings is 1. The summed E-state index contributed by atoms with van der Waals surface area (Å²) in [6, 6.07) is 0.703. The van der Waals surface area contributed by atoms with Crippen molar-refractivity contribution in [2.45, 2.75) is 70.5 Å². The summed E-state index contributed by atoms with van der Waals surface area (Å²) < 4.78 is 0. The second-order valence-electron chi connectivity index (χ2n) is 7.09. The van der Waals surface area contributed by atoms with E-state index in [1.807, 2.05) is 6.20 Å². The maximum absolute atomic E-state index is 4.52. The minimum Gasteiger partial charge on any atom is -0.309 e. The summed E-state index contributed by atoms with van der Waals surface area (Å²) in [4.78, 5) is 7.25. The normalized spacial score (nSPS) is 32.4. The lowest BCUT2D eigenvalue weighted by atomic mass is 9.80. The molecule has 3 nitrogen and oxygen atoms in total. The van der Waals surface area contributed by atoms with Crippen LogP contribution in [0.25, 0.3) is 0 Å². The van der Waals surface area contributed by atoms with Crippen molar-refractivity contribution in [1.82, 2.24) is 15.2 Å². The van der Waals surface area contributed by atoms with Crippen LogP contribution in [0.15, 0.2) is 11.6 Å². The average Bonchev–Trinajstić information content (AvgIpc) is 3.01. The van der Waals surface area contributed by atoms with Crippen molar-refractivity contribution in [2.75, 3.05) is 13.1 Å². The van der Waals surface area contributed by atoms with Gasteiger partial charge in [0.15, 0.2) is 0 Å². The highest BCUT2D eigenvalue weighted by molar-refractivity contribution is 7.09. The van der Waals surface area contributed by atoms with Crippen molar-refractivity contribution in [1.29, 1.82) is 0 Å². The van der Waals surface area contributed by atoms with Gasteiger partial charge in [-0.3, -0.25) is 4.90 Å². The van der Waals surface area contributed by atoms with E-state index in [4.69, 9.17) is 0 Å². The van der Waals surface area contributed by atoms with Gasteiger partial charge in [0, 0.05) is 36.2 Å². The summed E-state index contributed by atoms with van der Waals surface area (Å²) in [5.74, 6) is 0.882. The number of nitrogens with one attached hydrogen (secondary N) is 1. The number of hydrogen-bond donors (Lipinski definition) is 1. The molecule has 2 unspecified atom stereocenters. The second kappa shape index (κ2) is 6.76. The lowest BCUT2D eigenvalue weighted by molar-refractivity contribution is 0.0345. The van der Waals surface area contributed by atoms with Crippen LogP contribution >= 0.6 is 11.3 Å². The smallest absolute Gasteiger partial charge is 0.107 e. The van der Waals surface area contributed by atoms with Gasteiger partial charge in [0.05, 0.1) is 6.54 Å². The Hall–Kier alpha value is -0.450. The van der Waals surface area contributed by atoms with Crippen molar-refractivity contribution in [2.24, 2.45) is 5.92 Å². The number of thiazole rings is 1. The van der Waals surface area contributed by atoms with E-state index in [2.05, 4.69) is 34.4 Å². The fourth-order valence-corrected chi connectivity index (χ4v) is 4.64. The number of hydrogen-bond acceptors (Lipinski definition) is 4. The molecule has 1 aliphatic heterocycles. The molecule has 0 bridgehead atoms. The molecular weight excluding hydrogens is 278 g/mol. The zero-order chi connectivity index (χ0) is 14.7. The Morgan fingerprint density at radius 3 is 2.86 bits per heavy atom. The van der Waals surface area contributed by atoms with Crippen LogP contribution < -0.4 is 5.32 Å². The maximum Gasteiger partial charge on any atom is 0.107 e. The minimum absolute atomic E-state index is 0.266. The van der Waals surface area contributed by atoms with Crippen molar-refractivity contribution in [3.8, 4) is 0 Å². The molecule has 0 radical (unpaired) electrons. The average molecular weight is 308 g/mol. The van der Waals surface area contributed by atoms with Gasteiger partial charge in [-0.15, -0.1) is 11.3 Å². The van der Waals surface area contributed by atoms with E-state index in [1.54, 1.807) is 11.3 Å². The molecule has 2 atom stereocenters. The van der Waals surface area contributed by atoms with Crippen LogP contribution in [0.1, 0.15) is 57.4 Å². The Balaban J connectivity index is 1.73. The van der Waals surface area contributed by atoms with Crippen molar-refractivity contribution in [3.05, 3.63) is 16.6 Å². The van der Waals surface area contributed by atoms with E-state index in [9.17, 15) is 0 Å². The third-order valence-corrected chi connectivity index (χ3v) is 6.32. The molecule has 118 valence electrons. The Morgan fingerprint density at radius 2 is 2.19 bits per heavy atom. The molecule has 1 aromatic heterocycles. The zero-order valence-corrected chi connectivity index (χ0v) is 14.3. The summed E-state index contributed by atoms with van der Waals surface area (Å²) in [6.07, 6.45) is 10.3. The largest absolute Gasteiger partial charge is 0.309 e. The van der Waals surface area contributed by atoms with E-state index < -0.39 is 0 Å². The summed E-state index contributed by atoms with van der Waals surface area (Å²) in [6.45, 7) is 8.02. The van der Waals surface area contributed by atoms with Gasteiger partial charge in [0.25, 0.3) is 0 Å². The van der Waals surface area contributed by atoms with Gasteiger partial charge in [-0.25, -0.2) is 4.98 Å². The SMILES string of the molecule is CCC1(C)CN(Cc2nccs2)C(C2CCCCC2)CN1. The van der Waals surface area contributed by atoms with Crippen molar-refractivity contribution >= 4 is 11.3 Å². The first-order valence-corrected chi connectivity index (χ1v) is 9.45. The molecule has 2 fully saturated rings. The lowest BCUT2D eigenvalue weighted by Crippen LogP contribution is -2.64. The van der Waals surface area contributed by atoms with Crippen LogP contribution in [0.5, 0.6) is 0 Å². The fraction of sp³-hybridized carbons (Fsp3) is 0.824. The summed E-state index contributed by atoms with van der Waals surface area (Å²) in [5, 5.41) is 7.22. The fourth-order valence-electron chi connectivity index (χ4n) is 4.00. The van der Waals surface area contributed by atoms with Gasteiger partial charge < -0.3 is 5.32 Å². The van der Waals surface area contributed by atoms with Crippen molar-refractivity contribution < 1.29 is 0 Å². The van der Waals surface area contributed by atoms with E-state index in [0.29, 0.717) is 6.04 Å². The van der Waals surface area contributed by atoms with E-state index >= 15 is 0 Å². The van der Waals surface area contributed by atoms with Crippen LogP contribution in [0.2, 0.25) is 0 Å². The van der Waals surface area contributed by atoms with E-state index in [-0.39, 0.29) is 5.54 Å². The van der Waals surface area contributed by atoms with Gasteiger partial charge in [-0.05, 0) is 32.1 Å². The van der Waals surface area contributed by atoms with Gasteiger partial charge >= 0.3 is 0 Å². The predicted octanol–water partition coefficient (Wildman–Crippen LogP) is 3.67. The van der Waals surface area contributed by atoms with Crippen LogP contribution in [0.3, 0.4) is 0 Å². The molecule has 0 amide bonds. The molecule has 1 saturated carbocycles. The molecular formula is C17H29N3S. The Labute approximate surface area is 133 Å². The number of nitrogens with zero attached hydrogens (tertiary/aromatic N) is 2. The Kier molecular flexibility index (Phi) is 4.97. The molecule has 3 rings (SSSR count). The van der Waals surface area contributed by atoms with Crippen LogP contribution in [0, 0.1) is 5.92 Å². The predicted molar refractivity (Wildman–Crippen MR) is 89.6 cm³/mol. The zero-order valence-electron chi connectivity index (χ0n) is 13.5. The Morgan fingerprint density at radius 1 is 1.38 bits per heavy atom. The van der Waals surface area contributed by atoms with Gasteiger partial charge in [0.2, 0.25) is 0 Å². The van der Waals surface area contributed by atoms with Gasteiger partial charge in [0.1, 0.15) is 5.01 Å². The highest BCUT2D eigenvalue weighted by Gasteiger charge is 2.38. The monoisotopic (exact) mass is 307 g/mol. The van der Waals surface area contributed by atoms with Crippen LogP contribution in [-0.4, -0.2) is 34.6 Å². The van der Waals surface area contributed by atoms with Gasteiger partial charge in [-0.1, -0.05) is 26.2 Å². The molecule has 4 heteroatoms. The van der Waals surface area contributed by atoms with E-state index in [1.165, 1.54) is 43.5 Å². The molecule has 1 aliphatic carbocycles. The first kappa shape index (κ1) is 15.4. The third kappa shape index (κ3) is 3.66. The molecule has 2 heterocycles. The van der Waals surface area contributed by atoms with E-state index in [0.717, 1.165) is 25.6 Å². The summed E-state index contributed by atoms with van der Waals surface area (Å²) in [7, 11) is 0. The standard InChI is InChI=1S/C17H29N3S/c1-3-17(2)13-20(12-16-18-9-10-21-16)15(11-19-17)14-7-5-4-6-8-14/h9-10,14-15,19H,3-8,11-13H2,1-2H3. The van der Waals surface area contributed by atoms with Crippen molar-refractivity contribution in [3.63, 3.8) is 0 Å². The van der Waals surface area contributed by atoms with Gasteiger partial charge in [-0.2, -0.15) is 0 Å². The highest BCUT2D eigenvalue weighted by Crippen LogP contribution is 2.33. The highest BCUT2D eigenvalue weighted by atomic mass is 32.1. The molecule has 1 saturated heterocycles. The van der Waals surface area contributed by atoms with Crippen LogP contribution in [0.4, 0.5) is 0 Å². The summed E-state index contributed by atoms with van der Waals surface area (Å²) >= 11 is 1.80. The quantitative estimate of drug-likeness (QED) is 0.920. The maximum atomic E-state index is 4.52. The molecule has 2 aliphatic rings. The topological polar surface area (TPSA) is 28.2 Å². The molecule has 0 aromatic carbocycles. The minimum atomic E-state index is 0.266. The first-order chi connectivity index (χ1) is 10.2. The number of aromatic nitrogens is 1.